The van der Waals surface area contributed by atoms with Gasteiger partial charge >= 0.3 is 147 Å². The molecule has 0 aliphatic heterocycles. The number of aryl methyl sites for hydroxylation is 2. The van der Waals surface area contributed by atoms with Gasteiger partial charge in [0.2, 0.25) is 0 Å². The summed E-state index contributed by atoms with van der Waals surface area (Å²) in [7, 11) is 0. The quantitative estimate of drug-likeness (QED) is 0.502. The Morgan fingerprint density at radius 3 is 1.26 bits per heavy atom. The van der Waals surface area contributed by atoms with Crippen molar-refractivity contribution >= 4 is 25.5 Å². The van der Waals surface area contributed by atoms with Crippen LogP contribution in [0.1, 0.15) is 50.7 Å². The molecule has 124 valence electrons. The van der Waals surface area contributed by atoms with Crippen LogP contribution in [-0.4, -0.2) is 18.4 Å². The number of rotatable bonds is 8. The van der Waals surface area contributed by atoms with Crippen molar-refractivity contribution in [3.05, 3.63) is 59.7 Å². The van der Waals surface area contributed by atoms with Crippen molar-refractivity contribution in [2.75, 3.05) is 0 Å². The summed E-state index contributed by atoms with van der Waals surface area (Å²) in [6.45, 7) is 9.07. The Hall–Kier alpha value is -0.761. The van der Waals surface area contributed by atoms with Gasteiger partial charge in [-0.3, -0.25) is 0 Å². The van der Waals surface area contributed by atoms with Crippen LogP contribution >= 0.6 is 0 Å². The van der Waals surface area contributed by atoms with Gasteiger partial charge in [-0.15, -0.1) is 0 Å². The molecular weight excluding hydrogens is 383 g/mol. The van der Waals surface area contributed by atoms with E-state index in [0.717, 1.165) is 0 Å². The second-order valence-corrected chi connectivity index (χ2v) is 19.3. The minimum atomic E-state index is -2.56. The first-order valence-corrected chi connectivity index (χ1v) is 16.2. The average molecular weight is 415 g/mol. The van der Waals surface area contributed by atoms with Gasteiger partial charge in [-0.05, 0) is 0 Å². The van der Waals surface area contributed by atoms with Gasteiger partial charge in [-0.1, -0.05) is 0 Å². The Kier molecular flexibility index (Phi) is 7.20. The van der Waals surface area contributed by atoms with Crippen LogP contribution in [0.25, 0.3) is 0 Å². The molecule has 2 rings (SSSR count). The minimum absolute atomic E-state index is 1.31. The van der Waals surface area contributed by atoms with Crippen LogP contribution < -0.4 is 7.16 Å². The molecule has 0 aromatic heterocycles. The van der Waals surface area contributed by atoms with Gasteiger partial charge in [0, 0.05) is 0 Å². The van der Waals surface area contributed by atoms with E-state index in [-0.39, 0.29) is 0 Å². The normalized spacial score (nSPS) is 11.7. The van der Waals surface area contributed by atoms with Gasteiger partial charge < -0.3 is 0 Å². The van der Waals surface area contributed by atoms with Crippen LogP contribution in [0.5, 0.6) is 0 Å². The van der Waals surface area contributed by atoms with Gasteiger partial charge in [-0.25, -0.2) is 0 Å². The zero-order valence-electron chi connectivity index (χ0n) is 15.4. The van der Waals surface area contributed by atoms with Crippen LogP contribution in [0, 0.1) is 13.8 Å². The summed E-state index contributed by atoms with van der Waals surface area (Å²) >= 11 is -2.56. The standard InChI is InChI=1S/2C7H7.2C4H9.Sn/c2*1-7-5-3-2-4-6-7;2*1-3-4-2;/h2*3-6H,1H3;2*1,3-4H2,2H3;. The molecule has 2 aromatic carbocycles. The van der Waals surface area contributed by atoms with E-state index in [0.29, 0.717) is 0 Å². The molecule has 0 bridgehead atoms. The van der Waals surface area contributed by atoms with Crippen molar-refractivity contribution < 1.29 is 0 Å². The molecule has 0 nitrogen and oxygen atoms in total. The van der Waals surface area contributed by atoms with Gasteiger partial charge in [0.05, 0.1) is 0 Å². The summed E-state index contributed by atoms with van der Waals surface area (Å²) in [5, 5.41) is 0. The fourth-order valence-corrected chi connectivity index (χ4v) is 18.6. The van der Waals surface area contributed by atoms with E-state index >= 15 is 0 Å². The zero-order chi connectivity index (χ0) is 16.7. The van der Waals surface area contributed by atoms with Crippen LogP contribution in [0.4, 0.5) is 0 Å². The van der Waals surface area contributed by atoms with Crippen molar-refractivity contribution in [2.45, 2.75) is 62.3 Å². The summed E-state index contributed by atoms with van der Waals surface area (Å²) in [5.41, 5.74) is 2.76. The maximum atomic E-state index is 2.45. The van der Waals surface area contributed by atoms with Gasteiger partial charge in [0.25, 0.3) is 0 Å². The first-order valence-electron chi connectivity index (χ1n) is 9.26. The van der Waals surface area contributed by atoms with E-state index in [9.17, 15) is 0 Å². The number of hydrogen-bond donors (Lipinski definition) is 0. The molecule has 0 spiro atoms. The second kappa shape index (κ2) is 8.91. The molecule has 2 aromatic rings. The first-order chi connectivity index (χ1) is 11.1. The molecule has 23 heavy (non-hydrogen) atoms. The summed E-state index contributed by atoms with van der Waals surface area (Å²) < 4.78 is 6.32. The van der Waals surface area contributed by atoms with Crippen molar-refractivity contribution in [1.82, 2.24) is 0 Å². The third-order valence-electron chi connectivity index (χ3n) is 5.12. The van der Waals surface area contributed by atoms with Crippen LogP contribution in [0.15, 0.2) is 48.5 Å². The zero-order valence-corrected chi connectivity index (χ0v) is 18.2. The Bertz CT molecular complexity index is 525. The molecule has 0 saturated carbocycles. The Morgan fingerprint density at radius 2 is 0.957 bits per heavy atom. The van der Waals surface area contributed by atoms with E-state index in [1.54, 1.807) is 7.16 Å². The predicted molar refractivity (Wildman–Crippen MR) is 107 cm³/mol. The molecule has 0 aliphatic carbocycles. The molecule has 0 fully saturated rings. The van der Waals surface area contributed by atoms with Crippen LogP contribution in [0.3, 0.4) is 0 Å². The molecule has 0 unspecified atom stereocenters. The molecule has 1 heteroatoms. The van der Waals surface area contributed by atoms with Crippen molar-refractivity contribution in [3.8, 4) is 0 Å². The third kappa shape index (κ3) is 4.62. The topological polar surface area (TPSA) is 0 Å². The van der Waals surface area contributed by atoms with Crippen LogP contribution in [-0.2, 0) is 0 Å². The molecule has 0 amide bonds. The van der Waals surface area contributed by atoms with Gasteiger partial charge in [0.15, 0.2) is 0 Å². The van der Waals surface area contributed by atoms with Crippen molar-refractivity contribution in [1.29, 1.82) is 0 Å². The third-order valence-corrected chi connectivity index (χ3v) is 20.2. The molecule has 0 N–H and O–H groups in total. The van der Waals surface area contributed by atoms with E-state index in [2.05, 4.69) is 76.2 Å². The van der Waals surface area contributed by atoms with E-state index in [4.69, 9.17) is 0 Å². The fourth-order valence-electron chi connectivity index (χ4n) is 3.57. The predicted octanol–water partition coefficient (Wildman–Crippen LogP) is 5.47. The Balaban J connectivity index is 2.52. The average Bonchev–Trinajstić information content (AvgIpc) is 2.57. The summed E-state index contributed by atoms with van der Waals surface area (Å²) in [5.74, 6) is 0. The van der Waals surface area contributed by atoms with Crippen LogP contribution in [0.2, 0.25) is 8.87 Å². The molecular formula is C22H32Sn. The first kappa shape index (κ1) is 18.6. The molecule has 0 saturated heterocycles. The number of benzene rings is 2. The Morgan fingerprint density at radius 1 is 0.609 bits per heavy atom. The van der Waals surface area contributed by atoms with Crippen molar-refractivity contribution in [3.63, 3.8) is 0 Å². The molecule has 0 heterocycles. The van der Waals surface area contributed by atoms with E-state index in [1.807, 2.05) is 0 Å². The van der Waals surface area contributed by atoms with Crippen molar-refractivity contribution in [2.24, 2.45) is 0 Å². The fraction of sp³-hybridized carbons (Fsp3) is 0.455. The SMILES string of the molecule is CCC[CH2][Sn]([CH2]CCC)([c]1ccc(C)cc1)[c]1ccc(C)cc1. The number of hydrogen-bond acceptors (Lipinski definition) is 0. The molecule has 0 radical (unpaired) electrons. The maximum absolute atomic E-state index is 2.56. The summed E-state index contributed by atoms with van der Waals surface area (Å²) in [6.07, 6.45) is 5.37. The summed E-state index contributed by atoms with van der Waals surface area (Å²) in [4.78, 5) is 0. The second-order valence-electron chi connectivity index (χ2n) is 7.02. The van der Waals surface area contributed by atoms with E-state index in [1.165, 1.54) is 45.7 Å². The monoisotopic (exact) mass is 416 g/mol. The van der Waals surface area contributed by atoms with E-state index < -0.39 is 18.4 Å². The Labute approximate surface area is 147 Å². The number of unbranched alkanes of at least 4 members (excludes halogenated alkanes) is 2. The molecule has 0 atom stereocenters. The van der Waals surface area contributed by atoms with Gasteiger partial charge in [-0.2, -0.15) is 0 Å². The molecule has 0 aliphatic rings. The van der Waals surface area contributed by atoms with Gasteiger partial charge in [0.1, 0.15) is 0 Å². The summed E-state index contributed by atoms with van der Waals surface area (Å²) in [6, 6.07) is 19.1.